The number of amides is 1. The number of hydrogen-bond donors (Lipinski definition) is 2. The first kappa shape index (κ1) is 15.7. The number of carbonyl (C=O) groups is 1. The van der Waals surface area contributed by atoms with Crippen LogP contribution >= 0.6 is 12.4 Å². The first-order chi connectivity index (χ1) is 6.94. The van der Waals surface area contributed by atoms with Crippen molar-refractivity contribution in [2.24, 2.45) is 11.7 Å². The summed E-state index contributed by atoms with van der Waals surface area (Å²) in [5, 5.41) is 2.92. The molecule has 1 rings (SSSR count). The molecular weight excluding hydrogens is 228 g/mol. The quantitative estimate of drug-likeness (QED) is 0.785. The molecule has 1 saturated carbocycles. The summed E-state index contributed by atoms with van der Waals surface area (Å²) in [6, 6.07) is 0.205. The highest BCUT2D eigenvalue weighted by atomic mass is 35.5. The van der Waals surface area contributed by atoms with E-state index in [1.807, 2.05) is 13.8 Å². The lowest BCUT2D eigenvalue weighted by Crippen LogP contribution is -2.41. The average Bonchev–Trinajstić information content (AvgIpc) is 2.61. The van der Waals surface area contributed by atoms with Gasteiger partial charge in [-0.15, -0.1) is 12.4 Å². The summed E-state index contributed by atoms with van der Waals surface area (Å²) >= 11 is 0. The number of halogens is 1. The second kappa shape index (κ2) is 6.42. The van der Waals surface area contributed by atoms with Crippen LogP contribution in [-0.2, 0) is 9.53 Å². The smallest absolute Gasteiger partial charge is 0.223 e. The first-order valence-corrected chi connectivity index (χ1v) is 5.53. The Balaban J connectivity index is 0.00000225. The van der Waals surface area contributed by atoms with E-state index in [1.54, 1.807) is 7.11 Å². The van der Waals surface area contributed by atoms with Gasteiger partial charge < -0.3 is 15.8 Å². The third-order valence-corrected chi connectivity index (χ3v) is 3.08. The van der Waals surface area contributed by atoms with Crippen molar-refractivity contribution in [1.82, 2.24) is 5.32 Å². The molecule has 0 bridgehead atoms. The highest BCUT2D eigenvalue weighted by Crippen LogP contribution is 2.24. The molecule has 0 aromatic carbocycles. The summed E-state index contributed by atoms with van der Waals surface area (Å²) in [5.74, 6) is 0.223. The van der Waals surface area contributed by atoms with Crippen LogP contribution in [0.2, 0.25) is 0 Å². The summed E-state index contributed by atoms with van der Waals surface area (Å²) in [7, 11) is 1.65. The number of ether oxygens (including phenoxy) is 1. The maximum Gasteiger partial charge on any atom is 0.223 e. The molecule has 0 aromatic heterocycles. The van der Waals surface area contributed by atoms with E-state index in [-0.39, 0.29) is 35.9 Å². The molecular formula is C11H23ClN2O2. The molecule has 0 saturated heterocycles. The Morgan fingerprint density at radius 3 is 2.56 bits per heavy atom. The van der Waals surface area contributed by atoms with Crippen LogP contribution in [0.15, 0.2) is 0 Å². The lowest BCUT2D eigenvalue weighted by molar-refractivity contribution is -0.126. The molecule has 0 spiro atoms. The molecule has 0 heterocycles. The molecule has 0 aliphatic heterocycles. The minimum Gasteiger partial charge on any atom is -0.377 e. The van der Waals surface area contributed by atoms with Gasteiger partial charge in [0, 0.05) is 25.6 Å². The standard InChI is InChI=1S/C11H22N2O2.ClH/c1-11(2,15-3)7-13-10(14)8-4-5-9(12)6-8;/h8-9H,4-7,12H2,1-3H3,(H,13,14);1H. The molecule has 0 aromatic rings. The summed E-state index contributed by atoms with van der Waals surface area (Å²) in [6.45, 7) is 4.45. The minimum absolute atomic E-state index is 0. The maximum atomic E-state index is 11.7. The highest BCUT2D eigenvalue weighted by molar-refractivity contribution is 5.85. The number of methoxy groups -OCH3 is 1. The van der Waals surface area contributed by atoms with Crippen molar-refractivity contribution in [1.29, 1.82) is 0 Å². The SMILES string of the molecule is COC(C)(C)CNC(=O)C1CCC(N)C1.Cl. The van der Waals surface area contributed by atoms with Gasteiger partial charge in [0.05, 0.1) is 5.60 Å². The van der Waals surface area contributed by atoms with Crippen LogP contribution in [0.3, 0.4) is 0 Å². The van der Waals surface area contributed by atoms with Gasteiger partial charge in [-0.1, -0.05) is 0 Å². The van der Waals surface area contributed by atoms with E-state index in [0.717, 1.165) is 19.3 Å². The third kappa shape index (κ3) is 4.68. The van der Waals surface area contributed by atoms with E-state index >= 15 is 0 Å². The Kier molecular flexibility index (Phi) is 6.30. The summed E-state index contributed by atoms with van der Waals surface area (Å²) < 4.78 is 5.23. The molecule has 2 atom stereocenters. The fourth-order valence-corrected chi connectivity index (χ4v) is 1.77. The van der Waals surface area contributed by atoms with Crippen LogP contribution in [0.1, 0.15) is 33.1 Å². The number of nitrogens with one attached hydrogen (secondary N) is 1. The monoisotopic (exact) mass is 250 g/mol. The predicted molar refractivity (Wildman–Crippen MR) is 66.7 cm³/mol. The summed E-state index contributed by atoms with van der Waals surface area (Å²) in [5.41, 5.74) is 5.47. The molecule has 5 heteroatoms. The molecule has 2 unspecified atom stereocenters. The zero-order valence-corrected chi connectivity index (χ0v) is 11.1. The van der Waals surface area contributed by atoms with E-state index < -0.39 is 0 Å². The lowest BCUT2D eigenvalue weighted by atomic mass is 10.1. The van der Waals surface area contributed by atoms with Gasteiger partial charge in [0.2, 0.25) is 5.91 Å². The largest absolute Gasteiger partial charge is 0.377 e. The maximum absolute atomic E-state index is 11.7. The van der Waals surface area contributed by atoms with Gasteiger partial charge in [-0.3, -0.25) is 4.79 Å². The van der Waals surface area contributed by atoms with Gasteiger partial charge in [0.15, 0.2) is 0 Å². The van der Waals surface area contributed by atoms with Crippen molar-refractivity contribution in [2.45, 2.75) is 44.8 Å². The fraction of sp³-hybridized carbons (Fsp3) is 0.909. The van der Waals surface area contributed by atoms with E-state index in [1.165, 1.54) is 0 Å². The van der Waals surface area contributed by atoms with E-state index in [4.69, 9.17) is 10.5 Å². The van der Waals surface area contributed by atoms with Crippen molar-refractivity contribution in [3.8, 4) is 0 Å². The first-order valence-electron chi connectivity index (χ1n) is 5.53. The number of hydrogen-bond acceptors (Lipinski definition) is 3. The third-order valence-electron chi connectivity index (χ3n) is 3.08. The molecule has 1 fully saturated rings. The van der Waals surface area contributed by atoms with Crippen molar-refractivity contribution >= 4 is 18.3 Å². The van der Waals surface area contributed by atoms with Crippen LogP contribution in [0.5, 0.6) is 0 Å². The van der Waals surface area contributed by atoms with Crippen molar-refractivity contribution < 1.29 is 9.53 Å². The second-order valence-electron chi connectivity index (χ2n) is 4.95. The Morgan fingerprint density at radius 1 is 1.50 bits per heavy atom. The van der Waals surface area contributed by atoms with Gasteiger partial charge in [-0.05, 0) is 33.1 Å². The Labute approximate surface area is 104 Å². The van der Waals surface area contributed by atoms with Gasteiger partial charge in [0.25, 0.3) is 0 Å². The second-order valence-corrected chi connectivity index (χ2v) is 4.95. The Hall–Kier alpha value is -0.320. The van der Waals surface area contributed by atoms with Crippen LogP contribution in [0.4, 0.5) is 0 Å². The van der Waals surface area contributed by atoms with Crippen LogP contribution in [-0.4, -0.2) is 31.2 Å². The lowest BCUT2D eigenvalue weighted by Gasteiger charge is -2.24. The van der Waals surface area contributed by atoms with E-state index in [9.17, 15) is 4.79 Å². The molecule has 3 N–H and O–H groups in total. The normalized spacial score (nSPS) is 25.0. The average molecular weight is 251 g/mol. The van der Waals surface area contributed by atoms with Gasteiger partial charge in [-0.25, -0.2) is 0 Å². The summed E-state index contributed by atoms with van der Waals surface area (Å²) in [4.78, 5) is 11.7. The van der Waals surface area contributed by atoms with Gasteiger partial charge >= 0.3 is 0 Å². The molecule has 4 nitrogen and oxygen atoms in total. The Bertz CT molecular complexity index is 234. The molecule has 0 radical (unpaired) electrons. The number of carbonyl (C=O) groups excluding carboxylic acids is 1. The molecule has 1 aliphatic carbocycles. The van der Waals surface area contributed by atoms with Gasteiger partial charge in [-0.2, -0.15) is 0 Å². The zero-order valence-electron chi connectivity index (χ0n) is 10.3. The topological polar surface area (TPSA) is 64.3 Å². The van der Waals surface area contributed by atoms with Crippen LogP contribution in [0.25, 0.3) is 0 Å². The highest BCUT2D eigenvalue weighted by Gasteiger charge is 2.28. The minimum atomic E-state index is -0.295. The van der Waals surface area contributed by atoms with E-state index in [0.29, 0.717) is 6.54 Å². The molecule has 1 aliphatic rings. The molecule has 16 heavy (non-hydrogen) atoms. The fourth-order valence-electron chi connectivity index (χ4n) is 1.77. The predicted octanol–water partition coefficient (Wildman–Crippen LogP) is 1.08. The van der Waals surface area contributed by atoms with Crippen molar-refractivity contribution in [3.05, 3.63) is 0 Å². The van der Waals surface area contributed by atoms with Gasteiger partial charge in [0.1, 0.15) is 0 Å². The summed E-state index contributed by atoms with van der Waals surface area (Å²) in [6.07, 6.45) is 2.70. The van der Waals surface area contributed by atoms with Crippen LogP contribution in [0, 0.1) is 5.92 Å². The van der Waals surface area contributed by atoms with Crippen molar-refractivity contribution in [3.63, 3.8) is 0 Å². The molecule has 1 amide bonds. The number of rotatable bonds is 4. The van der Waals surface area contributed by atoms with E-state index in [2.05, 4.69) is 5.32 Å². The molecule has 96 valence electrons. The van der Waals surface area contributed by atoms with Crippen molar-refractivity contribution in [2.75, 3.05) is 13.7 Å². The Morgan fingerprint density at radius 2 is 2.12 bits per heavy atom. The zero-order chi connectivity index (χ0) is 11.5. The van der Waals surface area contributed by atoms with Crippen LogP contribution < -0.4 is 11.1 Å². The number of nitrogens with two attached hydrogens (primary N) is 1.